The van der Waals surface area contributed by atoms with Gasteiger partial charge in [0.1, 0.15) is 5.52 Å². The summed E-state index contributed by atoms with van der Waals surface area (Å²) in [5, 5.41) is 8.10. The second kappa shape index (κ2) is 14.5. The Morgan fingerprint density at radius 2 is 1.34 bits per heavy atom. The second-order valence-electron chi connectivity index (χ2n) is 8.89. The number of rotatable bonds is 17. The maximum Gasteiger partial charge on any atom is 0.416 e. The van der Waals surface area contributed by atoms with Crippen LogP contribution in [0.4, 0.5) is 13.2 Å². The maximum atomic E-state index is 12.9. The fourth-order valence-corrected chi connectivity index (χ4v) is 4.12. The van der Waals surface area contributed by atoms with E-state index < -0.39 is 11.7 Å². The quantitative estimate of drug-likeness (QED) is 0.232. The normalized spacial score (nSPS) is 12.3. The number of fused-ring (bicyclic) bond motifs is 1. The van der Waals surface area contributed by atoms with E-state index in [1.54, 1.807) is 4.68 Å². The van der Waals surface area contributed by atoms with Crippen LogP contribution in [0.3, 0.4) is 0 Å². The highest BCUT2D eigenvalue weighted by atomic mass is 19.4. The fraction of sp³-hybridized carbons (Fsp3) is 0.760. The summed E-state index contributed by atoms with van der Waals surface area (Å²) in [5.41, 5.74) is 0.292. The van der Waals surface area contributed by atoms with Gasteiger partial charge in [0.2, 0.25) is 0 Å². The zero-order chi connectivity index (χ0) is 23.2. The van der Waals surface area contributed by atoms with Gasteiger partial charge in [0.15, 0.2) is 0 Å². The first-order chi connectivity index (χ1) is 15.5. The van der Waals surface area contributed by atoms with Gasteiger partial charge in [-0.05, 0) is 44.1 Å². The van der Waals surface area contributed by atoms with Crippen molar-refractivity contribution in [1.29, 1.82) is 0 Å². The van der Waals surface area contributed by atoms with Crippen LogP contribution >= 0.6 is 0 Å². The first kappa shape index (κ1) is 26.6. The highest BCUT2D eigenvalue weighted by Gasteiger charge is 2.31. The van der Waals surface area contributed by atoms with Gasteiger partial charge in [-0.2, -0.15) is 13.2 Å². The molecule has 0 aliphatic heterocycles. The van der Waals surface area contributed by atoms with Crippen LogP contribution in [0.25, 0.3) is 11.0 Å². The Hall–Kier alpha value is -1.63. The SMILES string of the molecule is CCCCCCCCN(CCCCCCCC)CCn1nnc2cc(C(F)(F)F)ccc21. The van der Waals surface area contributed by atoms with Crippen molar-refractivity contribution in [2.45, 2.75) is 104 Å². The standard InChI is InChI=1S/C25H41F3N4/c1-3-5-7-9-11-13-17-31(18-14-12-10-8-6-4-2)19-20-32-24-16-15-22(25(26,27)28)21-23(24)29-30-32/h15-16,21H,3-14,17-20H2,1-2H3. The molecule has 0 saturated heterocycles. The molecule has 0 unspecified atom stereocenters. The molecule has 2 aromatic rings. The van der Waals surface area contributed by atoms with Crippen molar-refractivity contribution in [2.75, 3.05) is 19.6 Å². The van der Waals surface area contributed by atoms with E-state index in [1.807, 2.05) is 0 Å². The zero-order valence-corrected chi connectivity index (χ0v) is 20.0. The predicted octanol–water partition coefficient (Wildman–Crippen LogP) is 7.47. The molecule has 1 aromatic carbocycles. The highest BCUT2D eigenvalue weighted by molar-refractivity contribution is 5.75. The minimum absolute atomic E-state index is 0.304. The molecule has 0 saturated carbocycles. The molecule has 0 N–H and O–H groups in total. The van der Waals surface area contributed by atoms with Gasteiger partial charge in [0.25, 0.3) is 0 Å². The van der Waals surface area contributed by atoms with Crippen LogP contribution in [0, 0.1) is 0 Å². The Morgan fingerprint density at radius 3 is 1.91 bits per heavy atom. The van der Waals surface area contributed by atoms with Crippen molar-refractivity contribution in [3.05, 3.63) is 23.8 Å². The number of halogens is 3. The van der Waals surface area contributed by atoms with Crippen LogP contribution < -0.4 is 0 Å². The van der Waals surface area contributed by atoms with Crippen LogP contribution in [-0.2, 0) is 12.7 Å². The van der Waals surface area contributed by atoms with Gasteiger partial charge in [0.05, 0.1) is 17.6 Å². The molecule has 0 aliphatic rings. The predicted molar refractivity (Wildman–Crippen MR) is 126 cm³/mol. The number of hydrogen-bond donors (Lipinski definition) is 0. The van der Waals surface area contributed by atoms with Crippen molar-refractivity contribution in [1.82, 2.24) is 19.9 Å². The zero-order valence-electron chi connectivity index (χ0n) is 20.0. The summed E-state index contributed by atoms with van der Waals surface area (Å²) in [6, 6.07) is 3.69. The number of alkyl halides is 3. The van der Waals surface area contributed by atoms with Gasteiger partial charge in [0, 0.05) is 6.54 Å². The number of unbranched alkanes of at least 4 members (excludes halogenated alkanes) is 10. The fourth-order valence-electron chi connectivity index (χ4n) is 4.12. The van der Waals surface area contributed by atoms with Crippen molar-refractivity contribution < 1.29 is 13.2 Å². The van der Waals surface area contributed by atoms with E-state index in [1.165, 1.54) is 83.1 Å². The smallest absolute Gasteiger partial charge is 0.301 e. The molecule has 1 aromatic heterocycles. The number of aromatic nitrogens is 3. The summed E-state index contributed by atoms with van der Waals surface area (Å²) in [4.78, 5) is 2.50. The number of nitrogens with zero attached hydrogens (tertiary/aromatic N) is 4. The van der Waals surface area contributed by atoms with Crippen molar-refractivity contribution >= 4 is 11.0 Å². The largest absolute Gasteiger partial charge is 0.416 e. The monoisotopic (exact) mass is 454 g/mol. The Labute approximate surface area is 191 Å². The van der Waals surface area contributed by atoms with E-state index in [4.69, 9.17) is 0 Å². The third kappa shape index (κ3) is 9.47. The molecule has 0 spiro atoms. The van der Waals surface area contributed by atoms with Gasteiger partial charge >= 0.3 is 6.18 Å². The molecule has 0 aliphatic carbocycles. The number of benzene rings is 1. The molecular formula is C25H41F3N4. The van der Waals surface area contributed by atoms with E-state index in [9.17, 15) is 13.2 Å². The van der Waals surface area contributed by atoms with Crippen molar-refractivity contribution in [3.63, 3.8) is 0 Å². The molecule has 32 heavy (non-hydrogen) atoms. The molecule has 0 atom stereocenters. The lowest BCUT2D eigenvalue weighted by Gasteiger charge is -2.22. The molecular weight excluding hydrogens is 413 g/mol. The van der Waals surface area contributed by atoms with Gasteiger partial charge in [-0.3, -0.25) is 0 Å². The number of hydrogen-bond acceptors (Lipinski definition) is 3. The topological polar surface area (TPSA) is 34.0 Å². The average molecular weight is 455 g/mol. The summed E-state index contributed by atoms with van der Waals surface area (Å²) >= 11 is 0. The van der Waals surface area contributed by atoms with E-state index >= 15 is 0 Å². The van der Waals surface area contributed by atoms with E-state index in [0.29, 0.717) is 17.6 Å². The molecule has 4 nitrogen and oxygen atoms in total. The first-order valence-corrected chi connectivity index (χ1v) is 12.6. The van der Waals surface area contributed by atoms with E-state index in [0.717, 1.165) is 31.8 Å². The highest BCUT2D eigenvalue weighted by Crippen LogP contribution is 2.30. The lowest BCUT2D eigenvalue weighted by atomic mass is 10.1. The van der Waals surface area contributed by atoms with Crippen LogP contribution in [0.5, 0.6) is 0 Å². The molecule has 0 amide bonds. The minimum Gasteiger partial charge on any atom is -0.301 e. The Balaban J connectivity index is 1.87. The van der Waals surface area contributed by atoms with E-state index in [-0.39, 0.29) is 0 Å². The lowest BCUT2D eigenvalue weighted by Crippen LogP contribution is -2.30. The van der Waals surface area contributed by atoms with Gasteiger partial charge < -0.3 is 4.90 Å². The Bertz CT molecular complexity index is 741. The molecule has 1 heterocycles. The van der Waals surface area contributed by atoms with Crippen molar-refractivity contribution in [3.8, 4) is 0 Å². The minimum atomic E-state index is -4.36. The van der Waals surface area contributed by atoms with Crippen LogP contribution in [0.2, 0.25) is 0 Å². The summed E-state index contributed by atoms with van der Waals surface area (Å²) in [5.74, 6) is 0. The molecule has 182 valence electrons. The van der Waals surface area contributed by atoms with Crippen LogP contribution in [0.1, 0.15) is 96.5 Å². The molecule has 0 radical (unpaired) electrons. The van der Waals surface area contributed by atoms with Crippen LogP contribution in [0.15, 0.2) is 18.2 Å². The summed E-state index contributed by atoms with van der Waals surface area (Å²) in [6.07, 6.45) is 11.0. The van der Waals surface area contributed by atoms with Crippen LogP contribution in [-0.4, -0.2) is 39.5 Å². The van der Waals surface area contributed by atoms with Crippen molar-refractivity contribution in [2.24, 2.45) is 0 Å². The summed E-state index contributed by atoms with van der Waals surface area (Å²) in [6.45, 7) is 8.12. The Kier molecular flexibility index (Phi) is 12.1. The van der Waals surface area contributed by atoms with Gasteiger partial charge in [-0.15, -0.1) is 5.10 Å². The Morgan fingerprint density at radius 1 is 0.781 bits per heavy atom. The lowest BCUT2D eigenvalue weighted by molar-refractivity contribution is -0.137. The van der Waals surface area contributed by atoms with E-state index in [2.05, 4.69) is 29.1 Å². The molecule has 2 rings (SSSR count). The second-order valence-corrected chi connectivity index (χ2v) is 8.89. The average Bonchev–Trinajstić information content (AvgIpc) is 3.18. The van der Waals surface area contributed by atoms with Gasteiger partial charge in [-0.25, -0.2) is 4.68 Å². The molecule has 7 heteroatoms. The summed E-state index contributed by atoms with van der Waals surface area (Å²) < 4.78 is 40.6. The summed E-state index contributed by atoms with van der Waals surface area (Å²) in [7, 11) is 0. The first-order valence-electron chi connectivity index (χ1n) is 12.6. The third-order valence-electron chi connectivity index (χ3n) is 6.13. The van der Waals surface area contributed by atoms with Gasteiger partial charge in [-0.1, -0.05) is 83.3 Å². The third-order valence-corrected chi connectivity index (χ3v) is 6.13. The maximum absolute atomic E-state index is 12.9. The molecule has 0 fully saturated rings. The molecule has 0 bridgehead atoms.